The lowest BCUT2D eigenvalue weighted by molar-refractivity contribution is -0.145. The zero-order chi connectivity index (χ0) is 12.9. The van der Waals surface area contributed by atoms with E-state index in [4.69, 9.17) is 9.84 Å². The number of carbonyl (C=O) groups is 1. The van der Waals surface area contributed by atoms with Crippen LogP contribution in [0.15, 0.2) is 12.7 Å². The van der Waals surface area contributed by atoms with Gasteiger partial charge in [-0.15, -0.1) is 6.58 Å². The molecular weight excluding hydrogens is 246 g/mol. The average molecular weight is 263 g/mol. The molecule has 0 amide bonds. The molecule has 1 N–H and O–H groups in total. The molecule has 0 aliphatic carbocycles. The monoisotopic (exact) mass is 263 g/mol. The molecular formula is C10H17NO5S. The summed E-state index contributed by atoms with van der Waals surface area (Å²) in [6.45, 7) is 3.83. The van der Waals surface area contributed by atoms with Gasteiger partial charge in [0, 0.05) is 13.1 Å². The molecule has 0 aromatic heterocycles. The summed E-state index contributed by atoms with van der Waals surface area (Å²) in [6, 6.07) is 0. The van der Waals surface area contributed by atoms with E-state index in [2.05, 4.69) is 6.58 Å². The molecule has 0 radical (unpaired) electrons. The van der Waals surface area contributed by atoms with E-state index in [1.165, 1.54) is 10.4 Å². The first kappa shape index (κ1) is 14.1. The Morgan fingerprint density at radius 1 is 1.47 bits per heavy atom. The van der Waals surface area contributed by atoms with Gasteiger partial charge in [0.2, 0.25) is 10.0 Å². The summed E-state index contributed by atoms with van der Waals surface area (Å²) < 4.78 is 29.9. The fourth-order valence-corrected chi connectivity index (χ4v) is 3.00. The van der Waals surface area contributed by atoms with Gasteiger partial charge < -0.3 is 9.84 Å². The normalized spacial score (nSPS) is 19.1. The fraction of sp³-hybridized carbons (Fsp3) is 0.700. The maximum atomic E-state index is 11.7. The van der Waals surface area contributed by atoms with Crippen LogP contribution >= 0.6 is 0 Å². The standard InChI is InChI=1S/C10H17NO5S/c1-2-7-17(14,15)11-5-3-9(4-6-11)16-8-10(12)13/h2,9H,1,3-8H2,(H,12,13). The van der Waals surface area contributed by atoms with Crippen LogP contribution in [-0.4, -0.2) is 55.4 Å². The van der Waals surface area contributed by atoms with Gasteiger partial charge in [-0.25, -0.2) is 17.5 Å². The lowest BCUT2D eigenvalue weighted by atomic mass is 10.1. The van der Waals surface area contributed by atoms with E-state index >= 15 is 0 Å². The van der Waals surface area contributed by atoms with Gasteiger partial charge in [-0.05, 0) is 12.8 Å². The van der Waals surface area contributed by atoms with Crippen molar-refractivity contribution in [3.8, 4) is 0 Å². The molecule has 17 heavy (non-hydrogen) atoms. The third-order valence-corrected chi connectivity index (χ3v) is 4.37. The van der Waals surface area contributed by atoms with Gasteiger partial charge >= 0.3 is 5.97 Å². The van der Waals surface area contributed by atoms with Crippen molar-refractivity contribution in [1.29, 1.82) is 0 Å². The molecule has 0 aromatic rings. The summed E-state index contributed by atoms with van der Waals surface area (Å²) in [7, 11) is -3.24. The van der Waals surface area contributed by atoms with Crippen molar-refractivity contribution in [3.05, 3.63) is 12.7 Å². The molecule has 98 valence electrons. The number of hydrogen-bond donors (Lipinski definition) is 1. The van der Waals surface area contributed by atoms with Gasteiger partial charge in [0.15, 0.2) is 0 Å². The van der Waals surface area contributed by atoms with Crippen LogP contribution in [0.5, 0.6) is 0 Å². The second-order valence-corrected chi connectivity index (χ2v) is 5.88. The Morgan fingerprint density at radius 2 is 2.06 bits per heavy atom. The van der Waals surface area contributed by atoms with E-state index in [1.807, 2.05) is 0 Å². The minimum absolute atomic E-state index is 0.0619. The highest BCUT2D eigenvalue weighted by atomic mass is 32.2. The van der Waals surface area contributed by atoms with Gasteiger partial charge in [0.05, 0.1) is 11.9 Å². The van der Waals surface area contributed by atoms with Crippen LogP contribution in [0.1, 0.15) is 12.8 Å². The first-order valence-corrected chi connectivity index (χ1v) is 6.98. The second kappa shape index (κ2) is 6.13. The lowest BCUT2D eigenvalue weighted by Crippen LogP contribution is -2.42. The molecule has 1 heterocycles. The molecule has 1 rings (SSSR count). The second-order valence-electron chi connectivity index (χ2n) is 3.87. The summed E-state index contributed by atoms with van der Waals surface area (Å²) in [4.78, 5) is 10.3. The van der Waals surface area contributed by atoms with Crippen molar-refractivity contribution >= 4 is 16.0 Å². The molecule has 0 spiro atoms. The third kappa shape index (κ3) is 4.45. The van der Waals surface area contributed by atoms with Gasteiger partial charge in [-0.2, -0.15) is 0 Å². The SMILES string of the molecule is C=CCS(=O)(=O)N1CCC(OCC(=O)O)CC1. The number of sulfonamides is 1. The molecule has 0 aromatic carbocycles. The summed E-state index contributed by atoms with van der Waals surface area (Å²) in [5.74, 6) is -1.07. The van der Waals surface area contributed by atoms with Gasteiger partial charge in [-0.3, -0.25) is 0 Å². The van der Waals surface area contributed by atoms with Crippen molar-refractivity contribution in [2.75, 3.05) is 25.4 Å². The highest BCUT2D eigenvalue weighted by Gasteiger charge is 2.27. The topological polar surface area (TPSA) is 83.9 Å². The Kier molecular flexibility index (Phi) is 5.10. The van der Waals surface area contributed by atoms with E-state index in [1.54, 1.807) is 0 Å². The maximum Gasteiger partial charge on any atom is 0.329 e. The molecule has 0 atom stereocenters. The molecule has 1 saturated heterocycles. The smallest absolute Gasteiger partial charge is 0.329 e. The zero-order valence-corrected chi connectivity index (χ0v) is 10.4. The summed E-state index contributed by atoms with van der Waals surface area (Å²) >= 11 is 0. The quantitative estimate of drug-likeness (QED) is 0.685. The molecule has 7 heteroatoms. The van der Waals surface area contributed by atoms with Gasteiger partial charge in [-0.1, -0.05) is 6.08 Å². The van der Waals surface area contributed by atoms with Crippen molar-refractivity contribution in [1.82, 2.24) is 4.31 Å². The van der Waals surface area contributed by atoms with E-state index in [9.17, 15) is 13.2 Å². The number of hydrogen-bond acceptors (Lipinski definition) is 4. The lowest BCUT2D eigenvalue weighted by Gasteiger charge is -2.30. The fourth-order valence-electron chi connectivity index (χ4n) is 1.72. The molecule has 1 aliphatic heterocycles. The van der Waals surface area contributed by atoms with Crippen LogP contribution in [0.25, 0.3) is 0 Å². The van der Waals surface area contributed by atoms with Crippen LogP contribution in [0, 0.1) is 0 Å². The Hall–Kier alpha value is -0.920. The Bertz CT molecular complexity index is 370. The average Bonchev–Trinajstić information content (AvgIpc) is 2.27. The van der Waals surface area contributed by atoms with E-state index in [0.717, 1.165) is 0 Å². The van der Waals surface area contributed by atoms with Crippen LogP contribution in [0.4, 0.5) is 0 Å². The number of aliphatic carboxylic acids is 1. The zero-order valence-electron chi connectivity index (χ0n) is 9.54. The van der Waals surface area contributed by atoms with Crippen molar-refractivity contribution in [2.45, 2.75) is 18.9 Å². The van der Waals surface area contributed by atoms with Crippen LogP contribution in [0.3, 0.4) is 0 Å². The molecule has 1 fully saturated rings. The number of ether oxygens (including phenoxy) is 1. The first-order chi connectivity index (χ1) is 7.95. The largest absolute Gasteiger partial charge is 0.480 e. The van der Waals surface area contributed by atoms with Crippen molar-refractivity contribution < 1.29 is 23.1 Å². The molecule has 0 unspecified atom stereocenters. The Morgan fingerprint density at radius 3 is 2.53 bits per heavy atom. The first-order valence-electron chi connectivity index (χ1n) is 5.38. The minimum atomic E-state index is -3.24. The summed E-state index contributed by atoms with van der Waals surface area (Å²) in [5.41, 5.74) is 0. The number of rotatable bonds is 6. The molecule has 0 saturated carbocycles. The maximum absolute atomic E-state index is 11.7. The number of nitrogens with zero attached hydrogens (tertiary/aromatic N) is 1. The van der Waals surface area contributed by atoms with Gasteiger partial charge in [0.25, 0.3) is 0 Å². The van der Waals surface area contributed by atoms with Gasteiger partial charge in [0.1, 0.15) is 6.61 Å². The predicted octanol–water partition coefficient (Wildman–Crippen LogP) is 0.0678. The highest BCUT2D eigenvalue weighted by Crippen LogP contribution is 2.16. The number of carboxylic acids is 1. The molecule has 0 bridgehead atoms. The van der Waals surface area contributed by atoms with Crippen LogP contribution in [-0.2, 0) is 19.6 Å². The van der Waals surface area contributed by atoms with E-state index in [0.29, 0.717) is 25.9 Å². The predicted molar refractivity (Wildman–Crippen MR) is 62.2 cm³/mol. The van der Waals surface area contributed by atoms with Crippen LogP contribution < -0.4 is 0 Å². The summed E-state index contributed by atoms with van der Waals surface area (Å²) in [5, 5.41) is 8.45. The van der Waals surface area contributed by atoms with Crippen molar-refractivity contribution in [2.24, 2.45) is 0 Å². The molecule has 1 aliphatic rings. The van der Waals surface area contributed by atoms with E-state index in [-0.39, 0.29) is 18.5 Å². The van der Waals surface area contributed by atoms with Crippen molar-refractivity contribution in [3.63, 3.8) is 0 Å². The third-order valence-electron chi connectivity index (χ3n) is 2.57. The summed E-state index contributed by atoms with van der Waals surface area (Å²) in [6.07, 6.45) is 2.26. The van der Waals surface area contributed by atoms with Crippen LogP contribution in [0.2, 0.25) is 0 Å². The Labute approximate surface area is 101 Å². The minimum Gasteiger partial charge on any atom is -0.480 e. The Balaban J connectivity index is 2.40. The number of carboxylic acid groups (broad SMARTS) is 1. The van der Waals surface area contributed by atoms with E-state index < -0.39 is 16.0 Å². The highest BCUT2D eigenvalue weighted by molar-refractivity contribution is 7.89. The number of piperidine rings is 1. The molecule has 6 nitrogen and oxygen atoms in total.